The molecule has 0 spiro atoms. The Balaban J connectivity index is 0.00000400. The first-order chi connectivity index (χ1) is 9.56. The molecule has 0 unspecified atom stereocenters. The Morgan fingerprint density at radius 2 is 2.14 bits per heavy atom. The lowest BCUT2D eigenvalue weighted by Crippen LogP contribution is -2.43. The van der Waals surface area contributed by atoms with Gasteiger partial charge in [0.15, 0.2) is 0 Å². The fraction of sp³-hybridized carbons (Fsp3) is 0.533. The summed E-state index contributed by atoms with van der Waals surface area (Å²) >= 11 is 3.42. The molecular weight excluding hydrogens is 356 g/mol. The van der Waals surface area contributed by atoms with Crippen LogP contribution in [0.4, 0.5) is 5.69 Å². The number of carbonyl (C=O) groups excluding carboxylic acids is 1. The van der Waals surface area contributed by atoms with Crippen molar-refractivity contribution in [1.82, 2.24) is 0 Å². The lowest BCUT2D eigenvalue weighted by molar-refractivity contribution is -0.119. The van der Waals surface area contributed by atoms with Crippen LogP contribution in [0.15, 0.2) is 28.7 Å². The van der Waals surface area contributed by atoms with Crippen LogP contribution in [-0.4, -0.2) is 31.7 Å². The van der Waals surface area contributed by atoms with E-state index in [0.717, 1.165) is 29.6 Å². The van der Waals surface area contributed by atoms with Gasteiger partial charge in [-0.25, -0.2) is 0 Å². The number of carbonyl (C=O) groups is 1. The predicted octanol–water partition coefficient (Wildman–Crippen LogP) is 3.37. The van der Waals surface area contributed by atoms with Gasteiger partial charge < -0.3 is 15.4 Å². The Morgan fingerprint density at radius 3 is 2.71 bits per heavy atom. The minimum Gasteiger partial charge on any atom is -0.380 e. The molecule has 1 aromatic carbocycles. The van der Waals surface area contributed by atoms with Crippen molar-refractivity contribution in [1.29, 1.82) is 0 Å². The van der Waals surface area contributed by atoms with Gasteiger partial charge in [0.05, 0.1) is 12.6 Å². The number of nitrogens with zero attached hydrogens (tertiary/aromatic N) is 1. The Morgan fingerprint density at radius 1 is 1.43 bits per heavy atom. The molecule has 21 heavy (non-hydrogen) atoms. The first kappa shape index (κ1) is 20.4. The number of nitrogens with two attached hydrogens (primary N) is 1. The minimum absolute atomic E-state index is 0. The largest absolute Gasteiger partial charge is 0.380 e. The van der Waals surface area contributed by atoms with Crippen molar-refractivity contribution in [3.8, 4) is 0 Å². The summed E-state index contributed by atoms with van der Waals surface area (Å²) in [6.45, 7) is 5.59. The van der Waals surface area contributed by atoms with E-state index in [9.17, 15) is 4.79 Å². The zero-order valence-corrected chi connectivity index (χ0v) is 15.0. The molecule has 0 radical (unpaired) electrons. The number of halogens is 2. The molecule has 1 amide bonds. The number of hydrogen-bond donors (Lipinski definition) is 1. The summed E-state index contributed by atoms with van der Waals surface area (Å²) in [5, 5.41) is 0. The summed E-state index contributed by atoms with van der Waals surface area (Å²) < 4.78 is 6.47. The third-order valence-electron chi connectivity index (χ3n) is 2.88. The molecule has 0 heterocycles. The standard InChI is InChI=1S/C15H23BrN2O2.ClH/c1-3-4-9-20-10-8-18(15(19)12(2)17)14-7-5-6-13(16)11-14;/h5-7,11-12H,3-4,8-10,17H2,1-2H3;1H/t12-;/m0./s1. The molecule has 0 aliphatic carbocycles. The van der Waals surface area contributed by atoms with E-state index in [1.54, 1.807) is 11.8 Å². The van der Waals surface area contributed by atoms with Crippen molar-refractivity contribution in [3.63, 3.8) is 0 Å². The van der Waals surface area contributed by atoms with Crippen molar-refractivity contribution in [2.24, 2.45) is 5.73 Å². The van der Waals surface area contributed by atoms with Gasteiger partial charge in [0.1, 0.15) is 0 Å². The Labute approximate surface area is 141 Å². The number of rotatable bonds is 8. The van der Waals surface area contributed by atoms with Crippen LogP contribution in [0, 0.1) is 0 Å². The van der Waals surface area contributed by atoms with Crippen LogP contribution >= 0.6 is 28.3 Å². The summed E-state index contributed by atoms with van der Waals surface area (Å²) in [6.07, 6.45) is 2.15. The summed E-state index contributed by atoms with van der Waals surface area (Å²) in [7, 11) is 0. The molecular formula is C15H24BrClN2O2. The molecule has 4 nitrogen and oxygen atoms in total. The first-order valence-corrected chi connectivity index (χ1v) is 7.75. The van der Waals surface area contributed by atoms with E-state index in [0.29, 0.717) is 13.2 Å². The van der Waals surface area contributed by atoms with Crippen molar-refractivity contribution in [2.45, 2.75) is 32.7 Å². The van der Waals surface area contributed by atoms with E-state index in [-0.39, 0.29) is 18.3 Å². The quantitative estimate of drug-likeness (QED) is 0.705. The van der Waals surface area contributed by atoms with E-state index >= 15 is 0 Å². The summed E-state index contributed by atoms with van der Waals surface area (Å²) in [4.78, 5) is 13.9. The van der Waals surface area contributed by atoms with Crippen LogP contribution in [0.5, 0.6) is 0 Å². The highest BCUT2D eigenvalue weighted by Crippen LogP contribution is 2.20. The van der Waals surface area contributed by atoms with Crippen molar-refractivity contribution in [2.75, 3.05) is 24.7 Å². The molecule has 0 aromatic heterocycles. The molecule has 1 aromatic rings. The maximum atomic E-state index is 12.2. The van der Waals surface area contributed by atoms with Gasteiger partial charge in [-0.2, -0.15) is 0 Å². The highest BCUT2D eigenvalue weighted by Gasteiger charge is 2.19. The summed E-state index contributed by atoms with van der Waals surface area (Å²) in [5.41, 5.74) is 6.55. The molecule has 120 valence electrons. The van der Waals surface area contributed by atoms with Gasteiger partial charge in [-0.3, -0.25) is 4.79 Å². The van der Waals surface area contributed by atoms with Crippen molar-refractivity contribution >= 4 is 39.9 Å². The molecule has 0 fully saturated rings. The van der Waals surface area contributed by atoms with Gasteiger partial charge in [0.2, 0.25) is 5.91 Å². The maximum absolute atomic E-state index is 12.2. The molecule has 1 atom stereocenters. The zero-order chi connectivity index (χ0) is 15.0. The van der Waals surface area contributed by atoms with Gasteiger partial charge in [0, 0.05) is 23.3 Å². The summed E-state index contributed by atoms with van der Waals surface area (Å²) in [6, 6.07) is 7.11. The fourth-order valence-corrected chi connectivity index (χ4v) is 2.15. The van der Waals surface area contributed by atoms with Crippen LogP contribution in [0.2, 0.25) is 0 Å². The zero-order valence-electron chi connectivity index (χ0n) is 12.5. The molecule has 0 bridgehead atoms. The third-order valence-corrected chi connectivity index (χ3v) is 3.37. The monoisotopic (exact) mass is 378 g/mol. The second-order valence-corrected chi connectivity index (χ2v) is 5.64. The number of unbranched alkanes of at least 4 members (excludes halogenated alkanes) is 1. The molecule has 0 saturated heterocycles. The Bertz CT molecular complexity index is 430. The first-order valence-electron chi connectivity index (χ1n) is 6.96. The third kappa shape index (κ3) is 7.27. The highest BCUT2D eigenvalue weighted by atomic mass is 79.9. The Hall–Kier alpha value is -0.620. The Kier molecular flexibility index (Phi) is 10.7. The second-order valence-electron chi connectivity index (χ2n) is 4.72. The van der Waals surface area contributed by atoms with E-state index in [1.807, 2.05) is 24.3 Å². The topological polar surface area (TPSA) is 55.6 Å². The number of anilines is 1. The van der Waals surface area contributed by atoms with Gasteiger partial charge in [-0.15, -0.1) is 12.4 Å². The van der Waals surface area contributed by atoms with Gasteiger partial charge in [-0.05, 0) is 31.5 Å². The predicted molar refractivity (Wildman–Crippen MR) is 93.1 cm³/mol. The lowest BCUT2D eigenvalue weighted by Gasteiger charge is -2.24. The molecule has 1 rings (SSSR count). The molecule has 0 aliphatic heterocycles. The van der Waals surface area contributed by atoms with Crippen LogP contribution in [0.1, 0.15) is 26.7 Å². The molecule has 0 saturated carbocycles. The molecule has 0 aliphatic rings. The van der Waals surface area contributed by atoms with E-state index < -0.39 is 6.04 Å². The fourth-order valence-electron chi connectivity index (χ4n) is 1.76. The number of amides is 1. The van der Waals surface area contributed by atoms with Gasteiger partial charge >= 0.3 is 0 Å². The van der Waals surface area contributed by atoms with E-state index in [4.69, 9.17) is 10.5 Å². The van der Waals surface area contributed by atoms with Crippen LogP contribution < -0.4 is 10.6 Å². The second kappa shape index (κ2) is 11.0. The van der Waals surface area contributed by atoms with Crippen LogP contribution in [-0.2, 0) is 9.53 Å². The van der Waals surface area contributed by atoms with E-state index in [2.05, 4.69) is 22.9 Å². The molecule has 2 N–H and O–H groups in total. The highest BCUT2D eigenvalue weighted by molar-refractivity contribution is 9.10. The number of benzene rings is 1. The minimum atomic E-state index is -0.523. The van der Waals surface area contributed by atoms with Crippen molar-refractivity contribution in [3.05, 3.63) is 28.7 Å². The normalized spacial score (nSPS) is 11.6. The lowest BCUT2D eigenvalue weighted by atomic mass is 10.2. The average molecular weight is 380 g/mol. The number of ether oxygens (including phenoxy) is 1. The van der Waals surface area contributed by atoms with E-state index in [1.165, 1.54) is 0 Å². The van der Waals surface area contributed by atoms with Crippen molar-refractivity contribution < 1.29 is 9.53 Å². The number of hydrogen-bond acceptors (Lipinski definition) is 3. The van der Waals surface area contributed by atoms with Crippen LogP contribution in [0.25, 0.3) is 0 Å². The smallest absolute Gasteiger partial charge is 0.243 e. The molecule has 6 heteroatoms. The van der Waals surface area contributed by atoms with Crippen LogP contribution in [0.3, 0.4) is 0 Å². The van der Waals surface area contributed by atoms with Gasteiger partial charge in [0.25, 0.3) is 0 Å². The van der Waals surface area contributed by atoms with Gasteiger partial charge in [-0.1, -0.05) is 35.3 Å². The average Bonchev–Trinajstić information content (AvgIpc) is 2.42. The maximum Gasteiger partial charge on any atom is 0.243 e. The SMILES string of the molecule is CCCCOCCN(C(=O)[C@H](C)N)c1cccc(Br)c1.Cl. The summed E-state index contributed by atoms with van der Waals surface area (Å²) in [5.74, 6) is -0.0952.